The lowest BCUT2D eigenvalue weighted by Crippen LogP contribution is -2.33. The fraction of sp³-hybridized carbons (Fsp3) is 0.400. The summed E-state index contributed by atoms with van der Waals surface area (Å²) >= 11 is 1.77. The molecule has 3 heterocycles. The van der Waals surface area contributed by atoms with Crippen LogP contribution >= 0.6 is 11.8 Å². The second-order valence-corrected chi connectivity index (χ2v) is 8.94. The molecule has 0 fully saturated rings. The van der Waals surface area contributed by atoms with Gasteiger partial charge in [0.2, 0.25) is 5.91 Å². The summed E-state index contributed by atoms with van der Waals surface area (Å²) in [7, 11) is 0. The van der Waals surface area contributed by atoms with Gasteiger partial charge >= 0.3 is 0 Å². The third-order valence-electron chi connectivity index (χ3n) is 4.89. The van der Waals surface area contributed by atoms with Crippen LogP contribution in [0.3, 0.4) is 0 Å². The molecule has 0 radical (unpaired) electrons. The van der Waals surface area contributed by atoms with Gasteiger partial charge in [0.05, 0.1) is 22.4 Å². The highest BCUT2D eigenvalue weighted by atomic mass is 32.2. The lowest BCUT2D eigenvalue weighted by atomic mass is 10.1. The SMILES string of the molecule is CC(C)(C)n1nc2c(c1NC(=O)CCN1C(=O)c3ccccc3C1=O)CSC2. The second kappa shape index (κ2) is 6.77. The van der Waals surface area contributed by atoms with Crippen molar-refractivity contribution in [2.24, 2.45) is 0 Å². The molecule has 2 aliphatic rings. The lowest BCUT2D eigenvalue weighted by molar-refractivity contribution is -0.116. The molecule has 28 heavy (non-hydrogen) atoms. The standard InChI is InChI=1S/C20H22N4O3S/c1-20(2,3)24-17(14-10-28-11-15(14)22-24)21-16(25)8-9-23-18(26)12-6-4-5-7-13(12)19(23)27/h4-7H,8-11H2,1-3H3,(H,21,25). The zero-order valence-electron chi connectivity index (χ0n) is 16.1. The van der Waals surface area contributed by atoms with Crippen LogP contribution in [-0.4, -0.2) is 38.9 Å². The average Bonchev–Trinajstić information content (AvgIpc) is 3.29. The molecule has 0 unspecified atom stereocenters. The number of hydrogen-bond acceptors (Lipinski definition) is 5. The molecule has 0 atom stereocenters. The van der Waals surface area contributed by atoms with E-state index in [2.05, 4.69) is 10.4 Å². The number of thioether (sulfide) groups is 1. The number of imide groups is 1. The van der Waals surface area contributed by atoms with Gasteiger partial charge in [0.15, 0.2) is 0 Å². The van der Waals surface area contributed by atoms with Gasteiger partial charge < -0.3 is 5.32 Å². The molecule has 0 spiro atoms. The number of rotatable bonds is 4. The summed E-state index contributed by atoms with van der Waals surface area (Å²) in [6.07, 6.45) is 0.0444. The molecule has 0 bridgehead atoms. The maximum atomic E-state index is 12.6. The van der Waals surface area contributed by atoms with Crippen LogP contribution in [-0.2, 0) is 21.8 Å². The number of fused-ring (bicyclic) bond motifs is 2. The van der Waals surface area contributed by atoms with Gasteiger partial charge in [0.25, 0.3) is 11.8 Å². The van der Waals surface area contributed by atoms with E-state index in [-0.39, 0.29) is 36.2 Å². The molecule has 2 aliphatic heterocycles. The fourth-order valence-electron chi connectivity index (χ4n) is 3.48. The maximum absolute atomic E-state index is 12.6. The Morgan fingerprint density at radius 3 is 2.39 bits per heavy atom. The van der Waals surface area contributed by atoms with E-state index in [1.807, 2.05) is 25.5 Å². The average molecular weight is 398 g/mol. The number of benzene rings is 1. The van der Waals surface area contributed by atoms with E-state index in [1.165, 1.54) is 0 Å². The molecule has 7 nitrogen and oxygen atoms in total. The third-order valence-corrected chi connectivity index (χ3v) is 5.86. The minimum atomic E-state index is -0.342. The summed E-state index contributed by atoms with van der Waals surface area (Å²) in [5, 5.41) is 7.64. The Bertz CT molecular complexity index is 955. The molecule has 0 saturated heterocycles. The van der Waals surface area contributed by atoms with Gasteiger partial charge in [-0.05, 0) is 32.9 Å². The first-order chi connectivity index (χ1) is 13.3. The quantitative estimate of drug-likeness (QED) is 0.801. The number of nitrogens with one attached hydrogen (secondary N) is 1. The van der Waals surface area contributed by atoms with Crippen molar-refractivity contribution in [2.75, 3.05) is 11.9 Å². The number of hydrogen-bond donors (Lipinski definition) is 1. The van der Waals surface area contributed by atoms with Crippen molar-refractivity contribution in [3.05, 3.63) is 46.6 Å². The smallest absolute Gasteiger partial charge is 0.261 e. The molecule has 1 N–H and O–H groups in total. The first-order valence-electron chi connectivity index (χ1n) is 9.21. The number of aromatic nitrogens is 2. The second-order valence-electron chi connectivity index (χ2n) is 7.95. The van der Waals surface area contributed by atoms with Gasteiger partial charge in [-0.15, -0.1) is 0 Å². The van der Waals surface area contributed by atoms with Crippen LogP contribution in [0.1, 0.15) is 59.2 Å². The zero-order chi connectivity index (χ0) is 20.1. The largest absolute Gasteiger partial charge is 0.311 e. The van der Waals surface area contributed by atoms with Crippen molar-refractivity contribution < 1.29 is 14.4 Å². The Labute approximate surface area is 167 Å². The van der Waals surface area contributed by atoms with Crippen LogP contribution in [0, 0.1) is 0 Å². The van der Waals surface area contributed by atoms with Crippen LogP contribution in [0.15, 0.2) is 24.3 Å². The highest BCUT2D eigenvalue weighted by molar-refractivity contribution is 7.98. The van der Waals surface area contributed by atoms with Gasteiger partial charge in [0.1, 0.15) is 5.82 Å². The Hall–Kier alpha value is -2.61. The Kier molecular flexibility index (Phi) is 4.53. The molecular formula is C20H22N4O3S. The van der Waals surface area contributed by atoms with Crippen LogP contribution in [0.4, 0.5) is 5.82 Å². The molecule has 8 heteroatoms. The van der Waals surface area contributed by atoms with E-state index in [1.54, 1.807) is 36.0 Å². The Morgan fingerprint density at radius 1 is 1.14 bits per heavy atom. The number of carbonyl (C=O) groups excluding carboxylic acids is 3. The number of nitrogens with zero attached hydrogens (tertiary/aromatic N) is 3. The zero-order valence-corrected chi connectivity index (χ0v) is 16.9. The van der Waals surface area contributed by atoms with E-state index in [0.29, 0.717) is 11.1 Å². The Morgan fingerprint density at radius 2 is 1.79 bits per heavy atom. The summed E-state index contributed by atoms with van der Waals surface area (Å²) in [4.78, 5) is 38.6. The van der Waals surface area contributed by atoms with Crippen molar-refractivity contribution >= 4 is 35.3 Å². The molecule has 2 aromatic rings. The van der Waals surface area contributed by atoms with E-state index >= 15 is 0 Å². The van der Waals surface area contributed by atoms with E-state index in [0.717, 1.165) is 33.5 Å². The van der Waals surface area contributed by atoms with Gasteiger partial charge in [-0.2, -0.15) is 16.9 Å². The lowest BCUT2D eigenvalue weighted by Gasteiger charge is -2.23. The molecule has 0 saturated carbocycles. The molecule has 146 valence electrons. The summed E-state index contributed by atoms with van der Waals surface area (Å²) in [6, 6.07) is 6.73. The van der Waals surface area contributed by atoms with E-state index < -0.39 is 0 Å². The summed E-state index contributed by atoms with van der Waals surface area (Å²) in [5.41, 5.74) is 2.60. The van der Waals surface area contributed by atoms with Gasteiger partial charge in [0, 0.05) is 30.0 Å². The maximum Gasteiger partial charge on any atom is 0.261 e. The first-order valence-corrected chi connectivity index (χ1v) is 10.4. The highest BCUT2D eigenvalue weighted by Crippen LogP contribution is 2.37. The molecule has 0 aliphatic carbocycles. The first kappa shape index (κ1) is 18.7. The molecular weight excluding hydrogens is 376 g/mol. The fourth-order valence-corrected chi connectivity index (χ4v) is 4.51. The van der Waals surface area contributed by atoms with Crippen LogP contribution in [0.5, 0.6) is 0 Å². The Balaban J connectivity index is 1.47. The minimum absolute atomic E-state index is 0.0444. The molecule has 1 aromatic heterocycles. The molecule has 3 amide bonds. The van der Waals surface area contributed by atoms with Gasteiger partial charge in [-0.25, -0.2) is 4.68 Å². The monoisotopic (exact) mass is 398 g/mol. The summed E-state index contributed by atoms with van der Waals surface area (Å²) in [6.45, 7) is 6.17. The summed E-state index contributed by atoms with van der Waals surface area (Å²) in [5.74, 6) is 1.47. The van der Waals surface area contributed by atoms with Gasteiger partial charge in [-0.1, -0.05) is 12.1 Å². The van der Waals surface area contributed by atoms with Crippen molar-refractivity contribution in [2.45, 2.75) is 44.2 Å². The van der Waals surface area contributed by atoms with E-state index in [9.17, 15) is 14.4 Å². The molecule has 4 rings (SSSR count). The normalized spacial score (nSPS) is 15.8. The highest BCUT2D eigenvalue weighted by Gasteiger charge is 2.35. The number of amides is 3. The topological polar surface area (TPSA) is 84.3 Å². The van der Waals surface area contributed by atoms with Crippen LogP contribution in [0.2, 0.25) is 0 Å². The van der Waals surface area contributed by atoms with Crippen LogP contribution < -0.4 is 5.32 Å². The van der Waals surface area contributed by atoms with E-state index in [4.69, 9.17) is 0 Å². The third kappa shape index (κ3) is 3.11. The minimum Gasteiger partial charge on any atom is -0.311 e. The predicted octanol–water partition coefficient (Wildman–Crippen LogP) is 3.01. The predicted molar refractivity (Wildman–Crippen MR) is 107 cm³/mol. The van der Waals surface area contributed by atoms with Crippen LogP contribution in [0.25, 0.3) is 0 Å². The van der Waals surface area contributed by atoms with Crippen molar-refractivity contribution in [1.29, 1.82) is 0 Å². The number of carbonyl (C=O) groups is 3. The van der Waals surface area contributed by atoms with Crippen molar-refractivity contribution in [1.82, 2.24) is 14.7 Å². The van der Waals surface area contributed by atoms with Gasteiger partial charge in [-0.3, -0.25) is 19.3 Å². The van der Waals surface area contributed by atoms with Crippen molar-refractivity contribution in [3.63, 3.8) is 0 Å². The summed E-state index contributed by atoms with van der Waals surface area (Å²) < 4.78 is 1.86. The van der Waals surface area contributed by atoms with Crippen molar-refractivity contribution in [3.8, 4) is 0 Å². The molecule has 1 aromatic carbocycles. The number of anilines is 1.